The molecule has 3 aromatic rings. The Morgan fingerprint density at radius 3 is 2.55 bits per heavy atom. The molecule has 20 heavy (non-hydrogen) atoms. The normalized spacial score (nSPS) is 10.6. The first kappa shape index (κ1) is 12.2. The molecule has 5 heteroatoms. The molecule has 1 N–H and O–H groups in total. The van der Waals surface area contributed by atoms with Crippen molar-refractivity contribution in [3.63, 3.8) is 0 Å². The van der Waals surface area contributed by atoms with Crippen LogP contribution in [0.1, 0.15) is 5.56 Å². The average molecular weight is 268 g/mol. The van der Waals surface area contributed by atoms with Crippen molar-refractivity contribution in [3.05, 3.63) is 70.6 Å². The zero-order valence-corrected chi connectivity index (χ0v) is 10.6. The third-order valence-electron chi connectivity index (χ3n) is 2.96. The zero-order valence-electron chi connectivity index (χ0n) is 10.6. The summed E-state index contributed by atoms with van der Waals surface area (Å²) in [5, 5.41) is 10.2. The van der Waals surface area contributed by atoms with E-state index in [1.165, 1.54) is 0 Å². The van der Waals surface area contributed by atoms with Crippen LogP contribution in [0.3, 0.4) is 0 Å². The maximum atomic E-state index is 11.6. The minimum absolute atomic E-state index is 0.222. The lowest BCUT2D eigenvalue weighted by atomic mass is 10.2. The molecule has 0 fully saturated rings. The van der Waals surface area contributed by atoms with Crippen LogP contribution in [-0.4, -0.2) is 14.9 Å². The maximum absolute atomic E-state index is 11.6. The molecule has 0 saturated heterocycles. The highest BCUT2D eigenvalue weighted by Gasteiger charge is 2.10. The highest BCUT2D eigenvalue weighted by Crippen LogP contribution is 2.21. The third-order valence-corrected chi connectivity index (χ3v) is 2.96. The number of nitrogens with zero attached hydrogens (tertiary/aromatic N) is 2. The Kier molecular flexibility index (Phi) is 3.09. The summed E-state index contributed by atoms with van der Waals surface area (Å²) in [6.45, 7) is 0.312. The van der Waals surface area contributed by atoms with E-state index in [0.717, 1.165) is 5.56 Å². The minimum atomic E-state index is -0.758. The second-order valence-electron chi connectivity index (χ2n) is 4.30. The third kappa shape index (κ3) is 2.21. The highest BCUT2D eigenvalue weighted by atomic mass is 16.5. The van der Waals surface area contributed by atoms with Crippen molar-refractivity contribution in [2.24, 2.45) is 0 Å². The fourth-order valence-electron chi connectivity index (χ4n) is 1.97. The van der Waals surface area contributed by atoms with Gasteiger partial charge in [-0.25, -0.2) is 4.79 Å². The van der Waals surface area contributed by atoms with Crippen LogP contribution in [0.15, 0.2) is 59.4 Å². The van der Waals surface area contributed by atoms with Gasteiger partial charge in [0.25, 0.3) is 0 Å². The van der Waals surface area contributed by atoms with Crippen molar-refractivity contribution in [2.45, 2.75) is 6.61 Å². The quantitative estimate of drug-likeness (QED) is 0.740. The molecule has 0 unspecified atom stereocenters. The molecule has 0 spiro atoms. The predicted octanol–water partition coefficient (Wildman–Crippen LogP) is 2.21. The van der Waals surface area contributed by atoms with Crippen molar-refractivity contribution in [1.82, 2.24) is 9.71 Å². The predicted molar refractivity (Wildman–Crippen MR) is 74.0 cm³/mol. The molecule has 0 bridgehead atoms. The van der Waals surface area contributed by atoms with E-state index in [-0.39, 0.29) is 5.88 Å². The summed E-state index contributed by atoms with van der Waals surface area (Å²) in [7, 11) is 0. The number of ether oxygens (including phenoxy) is 1. The molecule has 0 aliphatic heterocycles. The molecule has 0 amide bonds. The Labute approximate surface area is 114 Å². The SMILES string of the molecule is O=c1nc(OCc2ccccc2)c2ccccc2n1O. The zero-order chi connectivity index (χ0) is 13.9. The summed E-state index contributed by atoms with van der Waals surface area (Å²) in [4.78, 5) is 15.3. The van der Waals surface area contributed by atoms with Crippen LogP contribution in [-0.2, 0) is 6.61 Å². The number of rotatable bonds is 3. The Balaban J connectivity index is 2.00. The van der Waals surface area contributed by atoms with E-state index in [0.29, 0.717) is 22.2 Å². The first-order chi connectivity index (χ1) is 9.75. The monoisotopic (exact) mass is 268 g/mol. The average Bonchev–Trinajstić information content (AvgIpc) is 2.50. The van der Waals surface area contributed by atoms with Gasteiger partial charge in [-0.2, -0.15) is 4.98 Å². The molecule has 0 radical (unpaired) electrons. The first-order valence-electron chi connectivity index (χ1n) is 6.13. The van der Waals surface area contributed by atoms with Crippen LogP contribution in [0.4, 0.5) is 0 Å². The van der Waals surface area contributed by atoms with Crippen molar-refractivity contribution >= 4 is 10.9 Å². The summed E-state index contributed by atoms with van der Waals surface area (Å²) in [5.74, 6) is 0.222. The molecular weight excluding hydrogens is 256 g/mol. The fraction of sp³-hybridized carbons (Fsp3) is 0.0667. The van der Waals surface area contributed by atoms with Gasteiger partial charge in [-0.1, -0.05) is 42.5 Å². The van der Waals surface area contributed by atoms with E-state index in [1.807, 2.05) is 30.3 Å². The smallest absolute Gasteiger partial charge is 0.384 e. The van der Waals surface area contributed by atoms with Crippen LogP contribution in [0.5, 0.6) is 5.88 Å². The topological polar surface area (TPSA) is 64.3 Å². The Bertz CT molecular complexity index is 797. The summed E-state index contributed by atoms with van der Waals surface area (Å²) < 4.78 is 6.12. The van der Waals surface area contributed by atoms with Gasteiger partial charge >= 0.3 is 5.69 Å². The van der Waals surface area contributed by atoms with Crippen LogP contribution in [0.2, 0.25) is 0 Å². The van der Waals surface area contributed by atoms with Gasteiger partial charge in [-0.05, 0) is 17.7 Å². The summed E-state index contributed by atoms with van der Waals surface area (Å²) in [5.41, 5.74) is 0.592. The molecule has 0 saturated carbocycles. The molecule has 100 valence electrons. The van der Waals surface area contributed by atoms with Crippen molar-refractivity contribution < 1.29 is 9.94 Å². The van der Waals surface area contributed by atoms with Crippen LogP contribution in [0, 0.1) is 0 Å². The summed E-state index contributed by atoms with van der Waals surface area (Å²) in [6.07, 6.45) is 0. The standard InChI is InChI=1S/C15H12N2O3/c18-15-16-14(20-10-11-6-2-1-3-7-11)12-8-4-5-9-13(12)17(15)19/h1-9,19H,10H2. The molecule has 0 atom stereocenters. The van der Waals surface area contributed by atoms with Crippen molar-refractivity contribution in [3.8, 4) is 5.88 Å². The Hall–Kier alpha value is -2.82. The van der Waals surface area contributed by atoms with Gasteiger partial charge in [0.1, 0.15) is 6.61 Å². The number of hydrogen-bond acceptors (Lipinski definition) is 4. The molecule has 1 aromatic heterocycles. The van der Waals surface area contributed by atoms with E-state index in [2.05, 4.69) is 4.98 Å². The number of para-hydroxylation sites is 1. The van der Waals surface area contributed by atoms with Gasteiger partial charge in [0.15, 0.2) is 0 Å². The second-order valence-corrected chi connectivity index (χ2v) is 4.30. The number of aromatic nitrogens is 2. The van der Waals surface area contributed by atoms with Crippen molar-refractivity contribution in [2.75, 3.05) is 0 Å². The van der Waals surface area contributed by atoms with E-state index in [1.54, 1.807) is 24.3 Å². The van der Waals surface area contributed by atoms with E-state index >= 15 is 0 Å². The fourth-order valence-corrected chi connectivity index (χ4v) is 1.97. The number of fused-ring (bicyclic) bond motifs is 1. The van der Waals surface area contributed by atoms with Crippen LogP contribution >= 0.6 is 0 Å². The van der Waals surface area contributed by atoms with Gasteiger partial charge in [-0.3, -0.25) is 0 Å². The van der Waals surface area contributed by atoms with Crippen LogP contribution < -0.4 is 10.4 Å². The van der Waals surface area contributed by atoms with Crippen molar-refractivity contribution in [1.29, 1.82) is 0 Å². The molecule has 5 nitrogen and oxygen atoms in total. The maximum Gasteiger partial charge on any atom is 0.384 e. The van der Waals surface area contributed by atoms with Gasteiger partial charge < -0.3 is 9.94 Å². The largest absolute Gasteiger partial charge is 0.472 e. The Morgan fingerprint density at radius 1 is 1.05 bits per heavy atom. The molecule has 0 aliphatic carbocycles. The lowest BCUT2D eigenvalue weighted by Crippen LogP contribution is -2.22. The molecular formula is C15H12N2O3. The summed E-state index contributed by atoms with van der Waals surface area (Å²) >= 11 is 0. The van der Waals surface area contributed by atoms with Gasteiger partial charge in [-0.15, -0.1) is 4.73 Å². The molecule has 1 heterocycles. The van der Waals surface area contributed by atoms with E-state index in [9.17, 15) is 10.0 Å². The minimum Gasteiger partial charge on any atom is -0.472 e. The lowest BCUT2D eigenvalue weighted by Gasteiger charge is -2.09. The van der Waals surface area contributed by atoms with E-state index < -0.39 is 5.69 Å². The number of hydrogen-bond donors (Lipinski definition) is 1. The summed E-state index contributed by atoms with van der Waals surface area (Å²) in [6, 6.07) is 16.5. The van der Waals surface area contributed by atoms with E-state index in [4.69, 9.17) is 4.74 Å². The molecule has 3 rings (SSSR count). The molecule has 2 aromatic carbocycles. The number of benzene rings is 2. The van der Waals surface area contributed by atoms with Gasteiger partial charge in [0.2, 0.25) is 5.88 Å². The van der Waals surface area contributed by atoms with Gasteiger partial charge in [0.05, 0.1) is 10.9 Å². The Morgan fingerprint density at radius 2 is 1.75 bits per heavy atom. The van der Waals surface area contributed by atoms with Crippen LogP contribution in [0.25, 0.3) is 10.9 Å². The van der Waals surface area contributed by atoms with Gasteiger partial charge in [0, 0.05) is 0 Å². The lowest BCUT2D eigenvalue weighted by molar-refractivity contribution is 0.181. The molecule has 0 aliphatic rings. The highest BCUT2D eigenvalue weighted by molar-refractivity contribution is 5.83. The first-order valence-corrected chi connectivity index (χ1v) is 6.13. The second kappa shape index (κ2) is 5.05.